The van der Waals surface area contributed by atoms with E-state index in [0.717, 1.165) is 30.2 Å². The Morgan fingerprint density at radius 3 is 2.59 bits per heavy atom. The van der Waals surface area contributed by atoms with Crippen LogP contribution in [0.1, 0.15) is 18.4 Å². The van der Waals surface area contributed by atoms with E-state index in [1.165, 1.54) is 5.56 Å². The maximum atomic E-state index is 12.5. The Kier molecular flexibility index (Phi) is 4.92. The molecule has 2 N–H and O–H groups in total. The van der Waals surface area contributed by atoms with Crippen molar-refractivity contribution in [3.8, 4) is 0 Å². The Labute approximate surface area is 158 Å². The summed E-state index contributed by atoms with van der Waals surface area (Å²) in [4.78, 5) is 29.6. The first kappa shape index (κ1) is 17.3. The van der Waals surface area contributed by atoms with Gasteiger partial charge < -0.3 is 15.2 Å². The molecular weight excluding hydrogens is 338 g/mol. The number of hydrogen-bond acceptors (Lipinski definition) is 2. The second-order valence-electron chi connectivity index (χ2n) is 7.16. The first-order valence-electron chi connectivity index (χ1n) is 9.40. The number of hydrogen-bond donors (Lipinski definition) is 2. The molecule has 3 aromatic rings. The van der Waals surface area contributed by atoms with E-state index in [2.05, 4.69) is 34.6 Å². The molecule has 4 rings (SSSR count). The van der Waals surface area contributed by atoms with Crippen molar-refractivity contribution in [2.24, 2.45) is 5.92 Å². The summed E-state index contributed by atoms with van der Waals surface area (Å²) in [7, 11) is 0. The second kappa shape index (κ2) is 7.66. The number of H-pyrrole nitrogens is 1. The molecule has 5 heteroatoms. The van der Waals surface area contributed by atoms with Crippen molar-refractivity contribution >= 4 is 28.4 Å². The fourth-order valence-corrected chi connectivity index (χ4v) is 3.75. The number of carbonyl (C=O) groups excluding carboxylic acids is 2. The molecule has 1 saturated heterocycles. The van der Waals surface area contributed by atoms with E-state index in [4.69, 9.17) is 0 Å². The van der Waals surface area contributed by atoms with E-state index in [9.17, 15) is 9.59 Å². The lowest BCUT2D eigenvalue weighted by atomic mass is 9.90. The quantitative estimate of drug-likeness (QED) is 0.700. The molecule has 0 radical (unpaired) electrons. The van der Waals surface area contributed by atoms with Crippen LogP contribution in [0.15, 0.2) is 60.8 Å². The Balaban J connectivity index is 1.31. The molecule has 2 heterocycles. The van der Waals surface area contributed by atoms with Crippen LogP contribution in [0.25, 0.3) is 10.9 Å². The first-order chi connectivity index (χ1) is 13.2. The third-order valence-corrected chi connectivity index (χ3v) is 5.27. The van der Waals surface area contributed by atoms with Crippen molar-refractivity contribution in [3.05, 3.63) is 66.4 Å². The van der Waals surface area contributed by atoms with E-state index >= 15 is 0 Å². The molecule has 2 amide bonds. The van der Waals surface area contributed by atoms with Crippen molar-refractivity contribution in [1.29, 1.82) is 0 Å². The van der Waals surface area contributed by atoms with Crippen molar-refractivity contribution < 1.29 is 9.59 Å². The molecule has 138 valence electrons. The van der Waals surface area contributed by atoms with Crippen LogP contribution in [0.5, 0.6) is 0 Å². The molecule has 1 aliphatic rings. The van der Waals surface area contributed by atoms with Gasteiger partial charge in [0.2, 0.25) is 0 Å². The van der Waals surface area contributed by atoms with Gasteiger partial charge in [-0.05, 0) is 55.0 Å². The van der Waals surface area contributed by atoms with E-state index in [1.54, 1.807) is 11.0 Å². The topological polar surface area (TPSA) is 65.2 Å². The van der Waals surface area contributed by atoms with Gasteiger partial charge in [-0.2, -0.15) is 0 Å². The van der Waals surface area contributed by atoms with E-state index in [-0.39, 0.29) is 0 Å². The number of benzene rings is 2. The maximum Gasteiger partial charge on any atom is 0.313 e. The number of fused-ring (bicyclic) bond motifs is 1. The molecule has 0 bridgehead atoms. The van der Waals surface area contributed by atoms with Gasteiger partial charge in [-0.15, -0.1) is 0 Å². The number of aromatic nitrogens is 1. The van der Waals surface area contributed by atoms with Crippen molar-refractivity contribution in [1.82, 2.24) is 9.88 Å². The Morgan fingerprint density at radius 1 is 1.04 bits per heavy atom. The average Bonchev–Trinajstić information content (AvgIpc) is 3.16. The van der Waals surface area contributed by atoms with Gasteiger partial charge in [0.25, 0.3) is 0 Å². The van der Waals surface area contributed by atoms with Crippen LogP contribution in [-0.4, -0.2) is 34.8 Å². The molecule has 0 aliphatic carbocycles. The van der Waals surface area contributed by atoms with Crippen LogP contribution < -0.4 is 5.32 Å². The van der Waals surface area contributed by atoms with Gasteiger partial charge in [-0.25, -0.2) is 0 Å². The molecule has 27 heavy (non-hydrogen) atoms. The predicted molar refractivity (Wildman–Crippen MR) is 106 cm³/mol. The number of carbonyl (C=O) groups is 2. The Morgan fingerprint density at radius 2 is 1.81 bits per heavy atom. The van der Waals surface area contributed by atoms with Gasteiger partial charge in [0.15, 0.2) is 0 Å². The van der Waals surface area contributed by atoms with Crippen LogP contribution in [0.2, 0.25) is 0 Å². The first-order valence-corrected chi connectivity index (χ1v) is 9.40. The van der Waals surface area contributed by atoms with Gasteiger partial charge in [0.1, 0.15) is 0 Å². The van der Waals surface area contributed by atoms with Crippen molar-refractivity contribution in [2.75, 3.05) is 18.4 Å². The molecule has 1 aliphatic heterocycles. The van der Waals surface area contributed by atoms with E-state index in [1.807, 2.05) is 30.5 Å². The minimum absolute atomic E-state index is 0.442. The van der Waals surface area contributed by atoms with Crippen LogP contribution in [0.4, 0.5) is 5.69 Å². The number of rotatable bonds is 3. The molecule has 1 fully saturated rings. The highest BCUT2D eigenvalue weighted by Gasteiger charge is 2.27. The summed E-state index contributed by atoms with van der Waals surface area (Å²) in [5.74, 6) is -0.441. The maximum absolute atomic E-state index is 12.5. The van der Waals surface area contributed by atoms with Crippen molar-refractivity contribution in [3.63, 3.8) is 0 Å². The highest BCUT2D eigenvalue weighted by molar-refractivity contribution is 6.39. The fourth-order valence-electron chi connectivity index (χ4n) is 3.75. The van der Waals surface area contributed by atoms with Gasteiger partial charge in [-0.3, -0.25) is 9.59 Å². The number of amides is 2. The normalized spacial score (nSPS) is 15.0. The monoisotopic (exact) mass is 361 g/mol. The molecule has 2 aromatic carbocycles. The minimum Gasteiger partial charge on any atom is -0.361 e. The summed E-state index contributed by atoms with van der Waals surface area (Å²) in [6.45, 7) is 1.28. The lowest BCUT2D eigenvalue weighted by Gasteiger charge is -2.31. The van der Waals surface area contributed by atoms with E-state index < -0.39 is 11.8 Å². The van der Waals surface area contributed by atoms with Crippen LogP contribution in [0.3, 0.4) is 0 Å². The van der Waals surface area contributed by atoms with Gasteiger partial charge in [0, 0.05) is 35.9 Å². The molecule has 0 saturated carbocycles. The number of anilines is 1. The largest absolute Gasteiger partial charge is 0.361 e. The third-order valence-electron chi connectivity index (χ3n) is 5.27. The zero-order valence-electron chi connectivity index (χ0n) is 15.2. The molecule has 0 unspecified atom stereocenters. The highest BCUT2D eigenvalue weighted by atomic mass is 16.2. The second-order valence-corrected chi connectivity index (χ2v) is 7.16. The van der Waals surface area contributed by atoms with Gasteiger partial charge in [-0.1, -0.05) is 30.3 Å². The molecule has 0 atom stereocenters. The van der Waals surface area contributed by atoms with Crippen LogP contribution >= 0.6 is 0 Å². The van der Waals surface area contributed by atoms with E-state index in [0.29, 0.717) is 24.7 Å². The van der Waals surface area contributed by atoms with Crippen LogP contribution in [-0.2, 0) is 16.0 Å². The lowest BCUT2D eigenvalue weighted by Crippen LogP contribution is -2.44. The lowest BCUT2D eigenvalue weighted by molar-refractivity contribution is -0.144. The number of nitrogens with one attached hydrogen (secondary N) is 2. The number of piperidine rings is 1. The van der Waals surface area contributed by atoms with Gasteiger partial charge in [0.05, 0.1) is 0 Å². The molecule has 1 aromatic heterocycles. The Hall–Kier alpha value is -3.08. The summed E-state index contributed by atoms with van der Waals surface area (Å²) in [6, 6.07) is 17.9. The van der Waals surface area contributed by atoms with Crippen molar-refractivity contribution in [2.45, 2.75) is 19.3 Å². The summed E-state index contributed by atoms with van der Waals surface area (Å²) in [5.41, 5.74) is 2.97. The summed E-state index contributed by atoms with van der Waals surface area (Å²) >= 11 is 0. The molecule has 5 nitrogen and oxygen atoms in total. The summed E-state index contributed by atoms with van der Waals surface area (Å²) in [6.07, 6.45) is 4.75. The number of aromatic amines is 1. The molecule has 0 spiro atoms. The number of nitrogens with zero attached hydrogens (tertiary/aromatic N) is 1. The fraction of sp³-hybridized carbons (Fsp3) is 0.273. The van der Waals surface area contributed by atoms with Crippen LogP contribution in [0, 0.1) is 5.92 Å². The zero-order valence-corrected chi connectivity index (χ0v) is 15.2. The smallest absolute Gasteiger partial charge is 0.313 e. The SMILES string of the molecule is O=C(Nc1ccc2[nH]ccc2c1)C(=O)N1CCC(Cc2ccccc2)CC1. The highest BCUT2D eigenvalue weighted by Crippen LogP contribution is 2.22. The average molecular weight is 361 g/mol. The minimum atomic E-state index is -0.564. The summed E-state index contributed by atoms with van der Waals surface area (Å²) in [5, 5.41) is 3.73. The van der Waals surface area contributed by atoms with Gasteiger partial charge >= 0.3 is 11.8 Å². The third kappa shape index (κ3) is 4.03. The number of likely N-dealkylation sites (tertiary alicyclic amines) is 1. The summed E-state index contributed by atoms with van der Waals surface area (Å²) < 4.78 is 0. The zero-order chi connectivity index (χ0) is 18.6. The standard InChI is InChI=1S/C22H23N3O2/c26-21(24-19-6-7-20-18(15-19)8-11-23-20)22(27)25-12-9-17(10-13-25)14-16-4-2-1-3-5-16/h1-8,11,15,17,23H,9-10,12-14H2,(H,24,26). The predicted octanol–water partition coefficient (Wildman–Crippen LogP) is 3.59. The molecular formula is C22H23N3O2. The Bertz CT molecular complexity index is 940.